The predicted octanol–water partition coefficient (Wildman–Crippen LogP) is 3.55. The van der Waals surface area contributed by atoms with E-state index in [2.05, 4.69) is 15.6 Å². The van der Waals surface area contributed by atoms with Crippen LogP contribution in [0.2, 0.25) is 5.02 Å². The smallest absolute Gasteiger partial charge is 0.255 e. The molecule has 3 heterocycles. The van der Waals surface area contributed by atoms with Crippen molar-refractivity contribution in [3.63, 3.8) is 0 Å². The van der Waals surface area contributed by atoms with E-state index in [9.17, 15) is 9.59 Å². The van der Waals surface area contributed by atoms with Gasteiger partial charge in [0.2, 0.25) is 0 Å². The molecule has 0 radical (unpaired) electrons. The van der Waals surface area contributed by atoms with Crippen molar-refractivity contribution in [2.75, 3.05) is 18.4 Å². The molecule has 1 saturated heterocycles. The van der Waals surface area contributed by atoms with Gasteiger partial charge in [-0.1, -0.05) is 23.7 Å². The van der Waals surface area contributed by atoms with Crippen LogP contribution in [0.4, 0.5) is 5.69 Å². The first-order valence-corrected chi connectivity index (χ1v) is 10.3. The molecule has 0 unspecified atom stereocenters. The third-order valence-electron chi connectivity index (χ3n) is 5.56. The number of fused-ring (bicyclic) bond motifs is 3. The van der Waals surface area contributed by atoms with Crippen molar-refractivity contribution in [2.24, 2.45) is 0 Å². The fraction of sp³-hybridized carbons (Fsp3) is 0.227. The van der Waals surface area contributed by atoms with E-state index in [1.807, 2.05) is 22.7 Å². The molecule has 2 aromatic heterocycles. The van der Waals surface area contributed by atoms with Gasteiger partial charge in [-0.15, -0.1) is 0 Å². The number of nitrogens with one attached hydrogen (secondary N) is 3. The lowest BCUT2D eigenvalue weighted by molar-refractivity contribution is 0.102. The second-order valence-corrected chi connectivity index (χ2v) is 7.94. The van der Waals surface area contributed by atoms with E-state index in [1.165, 1.54) is 0 Å². The van der Waals surface area contributed by atoms with Crippen molar-refractivity contribution in [3.8, 4) is 0 Å². The van der Waals surface area contributed by atoms with Crippen LogP contribution in [-0.2, 0) is 0 Å². The Balaban J connectivity index is 1.63. The molecule has 0 bridgehead atoms. The van der Waals surface area contributed by atoms with Gasteiger partial charge >= 0.3 is 0 Å². The fourth-order valence-electron chi connectivity index (χ4n) is 4.12. The number of halogens is 1. The summed E-state index contributed by atoms with van der Waals surface area (Å²) in [4.78, 5) is 28.2. The molecule has 0 atom stereocenters. The number of carbonyl (C=O) groups is 1. The van der Waals surface area contributed by atoms with Crippen LogP contribution in [-0.4, -0.2) is 33.6 Å². The summed E-state index contributed by atoms with van der Waals surface area (Å²) in [5, 5.41) is 12.2. The highest BCUT2D eigenvalue weighted by Gasteiger charge is 2.22. The average Bonchev–Trinajstić information content (AvgIpc) is 3.13. The molecule has 152 valence electrons. The first-order chi connectivity index (χ1) is 14.6. The van der Waals surface area contributed by atoms with Gasteiger partial charge in [0, 0.05) is 22.6 Å². The lowest BCUT2D eigenvalue weighted by Gasteiger charge is -2.23. The van der Waals surface area contributed by atoms with Crippen LogP contribution in [0.25, 0.3) is 16.6 Å². The summed E-state index contributed by atoms with van der Waals surface area (Å²) in [6, 6.07) is 13.9. The molecule has 0 aliphatic carbocycles. The number of benzene rings is 2. The first-order valence-electron chi connectivity index (χ1n) is 9.92. The van der Waals surface area contributed by atoms with E-state index in [4.69, 9.17) is 16.7 Å². The highest BCUT2D eigenvalue weighted by Crippen LogP contribution is 2.30. The Morgan fingerprint density at radius 1 is 1.13 bits per heavy atom. The number of amides is 1. The van der Waals surface area contributed by atoms with Gasteiger partial charge in [0.1, 0.15) is 5.65 Å². The molecular weight excluding hydrogens is 402 g/mol. The van der Waals surface area contributed by atoms with E-state index < -0.39 is 0 Å². The predicted molar refractivity (Wildman–Crippen MR) is 118 cm³/mol. The third-order valence-corrected chi connectivity index (χ3v) is 5.79. The number of hydrogen-bond acceptors (Lipinski definition) is 4. The monoisotopic (exact) mass is 421 g/mol. The molecule has 1 aliphatic heterocycles. The van der Waals surface area contributed by atoms with Crippen LogP contribution in [0, 0.1) is 0 Å². The summed E-state index contributed by atoms with van der Waals surface area (Å²) in [5.74, 6) is -0.0175. The Hall–Kier alpha value is -3.16. The van der Waals surface area contributed by atoms with Crippen LogP contribution in [0.3, 0.4) is 0 Å². The summed E-state index contributed by atoms with van der Waals surface area (Å²) in [6.45, 7) is 1.83. The zero-order valence-corrected chi connectivity index (χ0v) is 16.9. The Morgan fingerprint density at radius 3 is 2.73 bits per heavy atom. The average molecular weight is 422 g/mol. The van der Waals surface area contributed by atoms with Crippen LogP contribution in [0.1, 0.15) is 34.8 Å². The maximum absolute atomic E-state index is 12.8. The zero-order chi connectivity index (χ0) is 20.7. The van der Waals surface area contributed by atoms with Gasteiger partial charge in [-0.05, 0) is 56.3 Å². The summed E-state index contributed by atoms with van der Waals surface area (Å²) in [5.41, 5.74) is 3.07. The SMILES string of the molecule is O=C(Nc1cccc2nn3c(C4CCNCC4)cc(=O)[nH]c3c12)c1cccc(Cl)c1. The molecule has 2 aromatic carbocycles. The summed E-state index contributed by atoms with van der Waals surface area (Å²) < 4.78 is 1.82. The Kier molecular flexibility index (Phi) is 4.77. The van der Waals surface area contributed by atoms with Gasteiger partial charge in [-0.3, -0.25) is 9.59 Å². The third kappa shape index (κ3) is 3.36. The quantitative estimate of drug-likeness (QED) is 0.471. The standard InChI is InChI=1S/C22H20ClN5O2/c23-15-4-1-3-14(11-15)22(30)25-16-5-2-6-17-20(16)21-26-19(29)12-18(28(21)27-17)13-7-9-24-10-8-13/h1-6,11-13,24H,7-10H2,(H,25,30)(H,26,29). The van der Waals surface area contributed by atoms with Crippen LogP contribution >= 0.6 is 11.6 Å². The van der Waals surface area contributed by atoms with Gasteiger partial charge in [-0.2, -0.15) is 5.10 Å². The van der Waals surface area contributed by atoms with Crippen molar-refractivity contribution in [1.29, 1.82) is 0 Å². The van der Waals surface area contributed by atoms with E-state index in [0.717, 1.165) is 31.6 Å². The van der Waals surface area contributed by atoms with Gasteiger partial charge in [0.25, 0.3) is 11.5 Å². The Labute approximate surface area is 177 Å². The molecule has 5 rings (SSSR count). The number of anilines is 1. The molecule has 1 aliphatic rings. The fourth-order valence-corrected chi connectivity index (χ4v) is 4.31. The molecular formula is C22H20ClN5O2. The molecule has 7 nitrogen and oxygen atoms in total. The first kappa shape index (κ1) is 18.8. The number of carbonyl (C=O) groups excluding carboxylic acids is 1. The summed E-state index contributed by atoms with van der Waals surface area (Å²) >= 11 is 6.02. The number of aromatic amines is 1. The topological polar surface area (TPSA) is 91.3 Å². The summed E-state index contributed by atoms with van der Waals surface area (Å²) in [6.07, 6.45) is 1.90. The van der Waals surface area contributed by atoms with Crippen LogP contribution < -0.4 is 16.2 Å². The lowest BCUT2D eigenvalue weighted by atomic mass is 9.94. The molecule has 30 heavy (non-hydrogen) atoms. The molecule has 0 saturated carbocycles. The second-order valence-electron chi connectivity index (χ2n) is 7.51. The maximum atomic E-state index is 12.8. The van der Waals surface area contributed by atoms with E-state index in [1.54, 1.807) is 30.3 Å². The molecule has 4 aromatic rings. The van der Waals surface area contributed by atoms with Crippen molar-refractivity contribution < 1.29 is 4.79 Å². The number of hydrogen-bond donors (Lipinski definition) is 3. The van der Waals surface area contributed by atoms with Crippen molar-refractivity contribution >= 4 is 39.7 Å². The highest BCUT2D eigenvalue weighted by molar-refractivity contribution is 6.31. The normalized spacial score (nSPS) is 15.0. The van der Waals surface area contributed by atoms with E-state index in [-0.39, 0.29) is 17.4 Å². The van der Waals surface area contributed by atoms with Gasteiger partial charge in [0.15, 0.2) is 0 Å². The summed E-state index contributed by atoms with van der Waals surface area (Å²) in [7, 11) is 0. The number of piperidine rings is 1. The van der Waals surface area contributed by atoms with Crippen molar-refractivity contribution in [3.05, 3.63) is 75.2 Å². The van der Waals surface area contributed by atoms with E-state index in [0.29, 0.717) is 32.8 Å². The van der Waals surface area contributed by atoms with Gasteiger partial charge in [0.05, 0.1) is 22.3 Å². The highest BCUT2D eigenvalue weighted by atomic mass is 35.5. The van der Waals surface area contributed by atoms with Crippen LogP contribution in [0.5, 0.6) is 0 Å². The minimum Gasteiger partial charge on any atom is -0.321 e. The molecule has 3 N–H and O–H groups in total. The Bertz CT molecular complexity index is 1320. The van der Waals surface area contributed by atoms with Gasteiger partial charge in [-0.25, -0.2) is 4.52 Å². The molecule has 8 heteroatoms. The van der Waals surface area contributed by atoms with Crippen LogP contribution in [0.15, 0.2) is 53.3 Å². The number of H-pyrrole nitrogens is 1. The number of nitrogens with zero attached hydrogens (tertiary/aromatic N) is 2. The largest absolute Gasteiger partial charge is 0.321 e. The lowest BCUT2D eigenvalue weighted by Crippen LogP contribution is -2.28. The zero-order valence-electron chi connectivity index (χ0n) is 16.1. The number of aromatic nitrogens is 3. The molecule has 0 spiro atoms. The minimum absolute atomic E-state index is 0.172. The van der Waals surface area contributed by atoms with Gasteiger partial charge < -0.3 is 15.6 Å². The minimum atomic E-state index is -0.277. The van der Waals surface area contributed by atoms with Crippen molar-refractivity contribution in [2.45, 2.75) is 18.8 Å². The molecule has 1 fully saturated rings. The molecule has 1 amide bonds. The second kappa shape index (κ2) is 7.59. The maximum Gasteiger partial charge on any atom is 0.255 e. The number of rotatable bonds is 3. The van der Waals surface area contributed by atoms with Crippen molar-refractivity contribution in [1.82, 2.24) is 19.9 Å². The Morgan fingerprint density at radius 2 is 1.93 bits per heavy atom. The van der Waals surface area contributed by atoms with E-state index >= 15 is 0 Å².